The van der Waals surface area contributed by atoms with E-state index >= 15 is 0 Å². The quantitative estimate of drug-likeness (QED) is 0.647. The molecule has 0 radical (unpaired) electrons. The Balaban J connectivity index is 1.67. The zero-order valence-corrected chi connectivity index (χ0v) is 14.5. The van der Waals surface area contributed by atoms with E-state index in [2.05, 4.69) is 71.3 Å². The minimum absolute atomic E-state index is 0.0745. The Hall–Kier alpha value is -3.07. The number of carbonyl (C=O) groups is 1. The van der Waals surface area contributed by atoms with Crippen molar-refractivity contribution in [3.63, 3.8) is 0 Å². The number of aryl methyl sites for hydroxylation is 1. The van der Waals surface area contributed by atoms with Gasteiger partial charge in [-0.25, -0.2) is 4.79 Å². The molecule has 0 fully saturated rings. The normalized spacial score (nSPS) is 19.2. The van der Waals surface area contributed by atoms with Gasteiger partial charge in [0.2, 0.25) is 0 Å². The van der Waals surface area contributed by atoms with Crippen molar-refractivity contribution in [2.45, 2.75) is 25.3 Å². The highest BCUT2D eigenvalue weighted by Gasteiger charge is 2.30. The van der Waals surface area contributed by atoms with Crippen LogP contribution in [0, 0.1) is 0 Å². The lowest BCUT2D eigenvalue weighted by Crippen LogP contribution is -2.43. The number of amides is 2. The van der Waals surface area contributed by atoms with E-state index in [1.165, 1.54) is 27.5 Å². The molecule has 3 aromatic carbocycles. The van der Waals surface area contributed by atoms with Gasteiger partial charge in [0.05, 0.1) is 11.7 Å². The number of carbonyl (C=O) groups excluding carboxylic acids is 1. The molecule has 0 saturated heterocycles. The molecule has 1 heterocycles. The molecule has 1 aliphatic carbocycles. The van der Waals surface area contributed by atoms with Gasteiger partial charge in [-0.2, -0.15) is 0 Å². The Morgan fingerprint density at radius 1 is 0.846 bits per heavy atom. The molecule has 0 spiro atoms. The standard InChI is InChI=1S/C23H20N2O/c26-23-24-21(18-13-12-15-6-1-2-8-17(15)14-18)20-11-5-9-16-7-3-4-10-19(16)22(20)25-23/h1-4,6-8,10,12-14,21H,5,9,11H2,(H2,24,25,26). The van der Waals surface area contributed by atoms with Gasteiger partial charge in [-0.3, -0.25) is 0 Å². The van der Waals surface area contributed by atoms with Gasteiger partial charge in [-0.1, -0.05) is 60.7 Å². The van der Waals surface area contributed by atoms with Gasteiger partial charge in [0.15, 0.2) is 0 Å². The van der Waals surface area contributed by atoms with Crippen LogP contribution >= 0.6 is 0 Å². The van der Waals surface area contributed by atoms with Gasteiger partial charge in [-0.05, 0) is 52.8 Å². The van der Waals surface area contributed by atoms with Crippen LogP contribution < -0.4 is 10.6 Å². The number of hydrogen-bond donors (Lipinski definition) is 2. The van der Waals surface area contributed by atoms with Crippen molar-refractivity contribution in [2.75, 3.05) is 0 Å². The average molecular weight is 340 g/mol. The zero-order chi connectivity index (χ0) is 17.5. The van der Waals surface area contributed by atoms with Crippen LogP contribution in [0.25, 0.3) is 16.5 Å². The molecule has 2 N–H and O–H groups in total. The van der Waals surface area contributed by atoms with E-state index in [1.54, 1.807) is 0 Å². The molecule has 5 rings (SSSR count). The molecule has 1 unspecified atom stereocenters. The Morgan fingerprint density at radius 3 is 2.58 bits per heavy atom. The van der Waals surface area contributed by atoms with E-state index in [1.807, 2.05) is 6.07 Å². The monoisotopic (exact) mass is 340 g/mol. The lowest BCUT2D eigenvalue weighted by atomic mass is 9.90. The van der Waals surface area contributed by atoms with Crippen LogP contribution in [0.2, 0.25) is 0 Å². The van der Waals surface area contributed by atoms with Gasteiger partial charge in [0.1, 0.15) is 0 Å². The molecule has 2 amide bonds. The first kappa shape index (κ1) is 15.2. The van der Waals surface area contributed by atoms with Crippen LogP contribution in [0.5, 0.6) is 0 Å². The molecule has 3 heteroatoms. The van der Waals surface area contributed by atoms with Crippen LogP contribution in [-0.2, 0) is 6.42 Å². The van der Waals surface area contributed by atoms with Crippen LogP contribution in [0.4, 0.5) is 4.79 Å². The molecule has 26 heavy (non-hydrogen) atoms. The number of nitrogens with one attached hydrogen (secondary N) is 2. The number of benzene rings is 3. The third kappa shape index (κ3) is 2.48. The molecule has 1 aliphatic heterocycles. The first-order chi connectivity index (χ1) is 12.8. The van der Waals surface area contributed by atoms with Crippen molar-refractivity contribution in [3.8, 4) is 0 Å². The van der Waals surface area contributed by atoms with Crippen molar-refractivity contribution in [3.05, 3.63) is 89.0 Å². The molecule has 2 aliphatic rings. The summed E-state index contributed by atoms with van der Waals surface area (Å²) in [4.78, 5) is 12.4. The second kappa shape index (κ2) is 6.03. The summed E-state index contributed by atoms with van der Waals surface area (Å²) in [5.74, 6) is 0. The number of urea groups is 1. The fraction of sp³-hybridized carbons (Fsp3) is 0.174. The van der Waals surface area contributed by atoms with Crippen molar-refractivity contribution in [1.82, 2.24) is 10.6 Å². The van der Waals surface area contributed by atoms with Crippen molar-refractivity contribution in [2.24, 2.45) is 0 Å². The van der Waals surface area contributed by atoms with Gasteiger partial charge in [-0.15, -0.1) is 0 Å². The van der Waals surface area contributed by atoms with Crippen molar-refractivity contribution in [1.29, 1.82) is 0 Å². The Labute approximate surface area is 152 Å². The van der Waals surface area contributed by atoms with Crippen LogP contribution in [0.15, 0.2) is 72.3 Å². The molecule has 128 valence electrons. The maximum atomic E-state index is 12.4. The Kier molecular flexibility index (Phi) is 3.52. The number of fused-ring (bicyclic) bond motifs is 3. The van der Waals surface area contributed by atoms with E-state index in [4.69, 9.17) is 0 Å². The highest BCUT2D eigenvalue weighted by atomic mass is 16.2. The van der Waals surface area contributed by atoms with E-state index in [9.17, 15) is 4.79 Å². The summed E-state index contributed by atoms with van der Waals surface area (Å²) in [7, 11) is 0. The third-order valence-corrected chi connectivity index (χ3v) is 5.47. The highest BCUT2D eigenvalue weighted by molar-refractivity contribution is 5.91. The number of rotatable bonds is 1. The summed E-state index contributed by atoms with van der Waals surface area (Å²) in [6.45, 7) is 0. The summed E-state index contributed by atoms with van der Waals surface area (Å²) < 4.78 is 0. The van der Waals surface area contributed by atoms with E-state index in [0.29, 0.717) is 0 Å². The SMILES string of the molecule is O=C1NC2=C(CCCc3ccccc32)C(c2ccc3ccccc3c2)N1. The zero-order valence-electron chi connectivity index (χ0n) is 14.5. The van der Waals surface area contributed by atoms with E-state index < -0.39 is 0 Å². The van der Waals surface area contributed by atoms with Crippen LogP contribution in [-0.4, -0.2) is 6.03 Å². The summed E-state index contributed by atoms with van der Waals surface area (Å²) in [5, 5.41) is 8.65. The molecule has 0 saturated carbocycles. The molecule has 3 aromatic rings. The van der Waals surface area contributed by atoms with Gasteiger partial charge < -0.3 is 10.6 Å². The third-order valence-electron chi connectivity index (χ3n) is 5.47. The topological polar surface area (TPSA) is 41.1 Å². The fourth-order valence-corrected chi connectivity index (χ4v) is 4.23. The largest absolute Gasteiger partial charge is 0.327 e. The molecule has 0 aromatic heterocycles. The molecule has 0 bridgehead atoms. The second-order valence-electron chi connectivity index (χ2n) is 7.05. The van der Waals surface area contributed by atoms with Gasteiger partial charge >= 0.3 is 6.03 Å². The molecule has 1 atom stereocenters. The Bertz CT molecular complexity index is 1050. The first-order valence-electron chi connectivity index (χ1n) is 9.17. The molecule has 3 nitrogen and oxygen atoms in total. The van der Waals surface area contributed by atoms with Crippen molar-refractivity contribution >= 4 is 22.5 Å². The minimum atomic E-state index is -0.126. The summed E-state index contributed by atoms with van der Waals surface area (Å²) in [6.07, 6.45) is 3.12. The predicted molar refractivity (Wildman–Crippen MR) is 105 cm³/mol. The second-order valence-corrected chi connectivity index (χ2v) is 7.05. The predicted octanol–water partition coefficient (Wildman–Crippen LogP) is 4.94. The smallest absolute Gasteiger partial charge is 0.319 e. The van der Waals surface area contributed by atoms with Crippen LogP contribution in [0.3, 0.4) is 0 Å². The van der Waals surface area contributed by atoms with Crippen molar-refractivity contribution < 1.29 is 4.79 Å². The molecular weight excluding hydrogens is 320 g/mol. The molecular formula is C23H20N2O. The highest BCUT2D eigenvalue weighted by Crippen LogP contribution is 2.38. The fourth-order valence-electron chi connectivity index (χ4n) is 4.23. The van der Waals surface area contributed by atoms with E-state index in [0.717, 1.165) is 30.5 Å². The maximum absolute atomic E-state index is 12.4. The summed E-state index contributed by atoms with van der Waals surface area (Å²) in [6, 6.07) is 23.1. The van der Waals surface area contributed by atoms with Gasteiger partial charge in [0, 0.05) is 5.56 Å². The van der Waals surface area contributed by atoms with E-state index in [-0.39, 0.29) is 12.1 Å². The minimum Gasteiger partial charge on any atom is -0.327 e. The first-order valence-corrected chi connectivity index (χ1v) is 9.17. The number of hydrogen-bond acceptors (Lipinski definition) is 1. The lowest BCUT2D eigenvalue weighted by molar-refractivity contribution is 0.240. The average Bonchev–Trinajstić information content (AvgIpc) is 2.86. The summed E-state index contributed by atoms with van der Waals surface area (Å²) in [5.41, 5.74) is 5.91. The Morgan fingerprint density at radius 2 is 1.65 bits per heavy atom. The van der Waals surface area contributed by atoms with Crippen LogP contribution in [0.1, 0.15) is 35.6 Å². The summed E-state index contributed by atoms with van der Waals surface area (Å²) >= 11 is 0. The van der Waals surface area contributed by atoms with Gasteiger partial charge in [0.25, 0.3) is 0 Å². The lowest BCUT2D eigenvalue weighted by Gasteiger charge is -2.30. The maximum Gasteiger partial charge on any atom is 0.319 e.